The Bertz CT molecular complexity index is 615. The number of aliphatic hydroxyl groups is 1. The van der Waals surface area contributed by atoms with Crippen LogP contribution in [0.15, 0.2) is 0 Å². The molecule has 0 spiro atoms. The number of rotatable bonds is 4. The summed E-state index contributed by atoms with van der Waals surface area (Å²) in [6.07, 6.45) is -10.1. The van der Waals surface area contributed by atoms with Gasteiger partial charge < -0.3 is 14.6 Å². The van der Waals surface area contributed by atoms with Crippen molar-refractivity contribution in [1.82, 2.24) is 4.90 Å². The van der Waals surface area contributed by atoms with Crippen LogP contribution in [0.2, 0.25) is 0 Å². The molecule has 7 nitrogen and oxygen atoms in total. The van der Waals surface area contributed by atoms with Crippen LogP contribution in [0.5, 0.6) is 0 Å². The molecule has 1 aliphatic heterocycles. The number of carbonyl (C=O) groups is 3. The Morgan fingerprint density at radius 3 is 2.11 bits per heavy atom. The SMILES string of the molecule is COC(=O)C(O)(CC(=O)[C@H]1CC(F)(F)CN1C(=O)OC(C)(C)C)C(F)(F)F. The number of ketones is 1. The zero-order valence-electron chi connectivity index (χ0n) is 15.0. The normalized spacial score (nSPS) is 22.1. The van der Waals surface area contributed by atoms with Gasteiger partial charge in [0.1, 0.15) is 5.60 Å². The molecule has 0 aromatic rings. The molecule has 1 aliphatic rings. The lowest BCUT2D eigenvalue weighted by atomic mass is 9.92. The van der Waals surface area contributed by atoms with Crippen LogP contribution in [0.3, 0.4) is 0 Å². The molecule has 1 rings (SSSR count). The number of methoxy groups -OCH3 is 1. The van der Waals surface area contributed by atoms with E-state index >= 15 is 0 Å². The number of amides is 1. The third-order valence-electron chi connectivity index (χ3n) is 3.69. The minimum absolute atomic E-state index is 0.293. The molecule has 1 saturated heterocycles. The number of ether oxygens (including phenoxy) is 2. The number of nitrogens with zero attached hydrogens (tertiary/aromatic N) is 1. The van der Waals surface area contributed by atoms with Gasteiger partial charge in [0.25, 0.3) is 11.5 Å². The number of alkyl halides is 5. The lowest BCUT2D eigenvalue weighted by molar-refractivity contribution is -0.262. The Hall–Kier alpha value is -1.98. The highest BCUT2D eigenvalue weighted by molar-refractivity contribution is 5.94. The summed E-state index contributed by atoms with van der Waals surface area (Å²) in [5.41, 5.74) is -5.34. The van der Waals surface area contributed by atoms with Crippen molar-refractivity contribution in [2.75, 3.05) is 13.7 Å². The quantitative estimate of drug-likeness (QED) is 0.569. The predicted octanol–water partition coefficient (Wildman–Crippen LogP) is 2.06. The Morgan fingerprint density at radius 2 is 1.70 bits per heavy atom. The van der Waals surface area contributed by atoms with Crippen LogP contribution in [-0.4, -0.2) is 70.8 Å². The van der Waals surface area contributed by atoms with E-state index in [0.717, 1.165) is 0 Å². The van der Waals surface area contributed by atoms with Crippen molar-refractivity contribution >= 4 is 17.8 Å². The first-order chi connectivity index (χ1) is 11.9. The molecule has 1 unspecified atom stereocenters. The van der Waals surface area contributed by atoms with Crippen LogP contribution < -0.4 is 0 Å². The Labute approximate surface area is 151 Å². The molecule has 0 aromatic carbocycles. The summed E-state index contributed by atoms with van der Waals surface area (Å²) in [5.74, 6) is -7.31. The predicted molar refractivity (Wildman–Crippen MR) is 78.9 cm³/mol. The molecule has 0 bridgehead atoms. The molecule has 1 fully saturated rings. The van der Waals surface area contributed by atoms with Crippen LogP contribution in [0, 0.1) is 0 Å². The molecule has 1 heterocycles. The first-order valence-electron chi connectivity index (χ1n) is 7.71. The summed E-state index contributed by atoms with van der Waals surface area (Å²) in [6, 6.07) is -2.01. The van der Waals surface area contributed by atoms with E-state index in [2.05, 4.69) is 4.74 Å². The van der Waals surface area contributed by atoms with E-state index in [-0.39, 0.29) is 0 Å². The molecule has 0 aliphatic carbocycles. The number of likely N-dealkylation sites (tertiary alicyclic amines) is 1. The van der Waals surface area contributed by atoms with Gasteiger partial charge in [0, 0.05) is 6.42 Å². The third kappa shape index (κ3) is 5.27. The van der Waals surface area contributed by atoms with E-state index in [4.69, 9.17) is 4.74 Å². The van der Waals surface area contributed by atoms with Gasteiger partial charge in [-0.15, -0.1) is 0 Å². The zero-order chi connectivity index (χ0) is 21.4. The van der Waals surface area contributed by atoms with Crippen LogP contribution in [0.4, 0.5) is 26.7 Å². The van der Waals surface area contributed by atoms with Crippen molar-refractivity contribution in [1.29, 1.82) is 0 Å². The number of halogens is 5. The highest BCUT2D eigenvalue weighted by atomic mass is 19.4. The van der Waals surface area contributed by atoms with Gasteiger partial charge >= 0.3 is 18.2 Å². The maximum absolute atomic E-state index is 13.7. The summed E-state index contributed by atoms with van der Waals surface area (Å²) in [4.78, 5) is 36.0. The smallest absolute Gasteiger partial charge is 0.428 e. The van der Waals surface area contributed by atoms with Gasteiger partial charge in [-0.25, -0.2) is 18.4 Å². The van der Waals surface area contributed by atoms with E-state index in [1.165, 1.54) is 20.8 Å². The summed E-state index contributed by atoms with van der Waals surface area (Å²) in [6.45, 7) is 3.03. The average molecular weight is 405 g/mol. The maximum atomic E-state index is 13.7. The summed E-state index contributed by atoms with van der Waals surface area (Å²) in [5, 5.41) is 9.65. The third-order valence-corrected chi connectivity index (χ3v) is 3.69. The number of Topliss-reactive ketones (excluding diaryl/α,β-unsaturated/α-hetero) is 1. The molecule has 156 valence electrons. The van der Waals surface area contributed by atoms with Crippen molar-refractivity contribution in [2.24, 2.45) is 0 Å². The second kappa shape index (κ2) is 7.21. The summed E-state index contributed by atoms with van der Waals surface area (Å²) in [7, 11) is 0.556. The first-order valence-corrected chi connectivity index (χ1v) is 7.71. The van der Waals surface area contributed by atoms with E-state index < -0.39 is 66.6 Å². The zero-order valence-corrected chi connectivity index (χ0v) is 15.0. The van der Waals surface area contributed by atoms with Gasteiger partial charge in [-0.2, -0.15) is 13.2 Å². The fourth-order valence-corrected chi connectivity index (χ4v) is 2.44. The minimum atomic E-state index is -5.60. The largest absolute Gasteiger partial charge is 0.467 e. The molecule has 0 aromatic heterocycles. The van der Waals surface area contributed by atoms with E-state index in [1.54, 1.807) is 0 Å². The van der Waals surface area contributed by atoms with Crippen molar-refractivity contribution in [2.45, 2.75) is 63.0 Å². The molecule has 27 heavy (non-hydrogen) atoms. The fraction of sp³-hybridized carbons (Fsp3) is 0.800. The second-order valence-electron chi connectivity index (χ2n) is 7.18. The van der Waals surface area contributed by atoms with Gasteiger partial charge in [0.15, 0.2) is 5.78 Å². The molecule has 0 saturated carbocycles. The van der Waals surface area contributed by atoms with Gasteiger partial charge in [-0.3, -0.25) is 9.69 Å². The first kappa shape index (κ1) is 23.1. The van der Waals surface area contributed by atoms with Crippen molar-refractivity contribution in [3.63, 3.8) is 0 Å². The lowest BCUT2D eigenvalue weighted by Gasteiger charge is -2.30. The Balaban J connectivity index is 3.14. The molecular weight excluding hydrogens is 385 g/mol. The van der Waals surface area contributed by atoms with E-state index in [9.17, 15) is 41.4 Å². The van der Waals surface area contributed by atoms with Gasteiger partial charge in [0.05, 0.1) is 26.1 Å². The minimum Gasteiger partial charge on any atom is -0.467 e. The second-order valence-corrected chi connectivity index (χ2v) is 7.18. The Morgan fingerprint density at radius 1 is 1.19 bits per heavy atom. The highest BCUT2D eigenvalue weighted by Gasteiger charge is 2.63. The van der Waals surface area contributed by atoms with Gasteiger partial charge in [-0.05, 0) is 20.8 Å². The monoisotopic (exact) mass is 405 g/mol. The van der Waals surface area contributed by atoms with Gasteiger partial charge in [-0.1, -0.05) is 0 Å². The summed E-state index contributed by atoms with van der Waals surface area (Å²) >= 11 is 0. The van der Waals surface area contributed by atoms with Crippen LogP contribution in [0.1, 0.15) is 33.6 Å². The fourth-order valence-electron chi connectivity index (χ4n) is 2.44. The lowest BCUT2D eigenvalue weighted by Crippen LogP contribution is -2.56. The topological polar surface area (TPSA) is 93.1 Å². The molecular formula is C15H20F5NO6. The highest BCUT2D eigenvalue weighted by Crippen LogP contribution is 2.38. The molecule has 12 heteroatoms. The van der Waals surface area contributed by atoms with Crippen molar-refractivity contribution in [3.8, 4) is 0 Å². The molecule has 1 amide bonds. The number of hydrogen-bond acceptors (Lipinski definition) is 6. The van der Waals surface area contributed by atoms with E-state index in [0.29, 0.717) is 12.0 Å². The van der Waals surface area contributed by atoms with Crippen molar-refractivity contribution < 1.29 is 50.9 Å². The molecule has 1 N–H and O–H groups in total. The van der Waals surface area contributed by atoms with E-state index in [1.807, 2.05) is 0 Å². The summed E-state index contributed by atoms with van der Waals surface area (Å²) < 4.78 is 75.4. The number of esters is 1. The number of hydrogen-bond donors (Lipinski definition) is 1. The average Bonchev–Trinajstić information content (AvgIpc) is 2.79. The molecule has 2 atom stereocenters. The van der Waals surface area contributed by atoms with Crippen LogP contribution in [-0.2, 0) is 19.1 Å². The molecule has 0 radical (unpaired) electrons. The van der Waals surface area contributed by atoms with Gasteiger partial charge in [0.2, 0.25) is 0 Å². The number of carbonyl (C=O) groups excluding carboxylic acids is 3. The van der Waals surface area contributed by atoms with Crippen molar-refractivity contribution in [3.05, 3.63) is 0 Å². The Kier molecular flexibility index (Phi) is 6.16. The van der Waals surface area contributed by atoms with Crippen LogP contribution >= 0.6 is 0 Å². The van der Waals surface area contributed by atoms with Crippen LogP contribution in [0.25, 0.3) is 0 Å². The maximum Gasteiger partial charge on any atom is 0.428 e. The standard InChI is InChI=1S/C15H20F5NO6/c1-12(2,3)27-11(24)21-7-13(16,17)5-8(21)9(22)6-14(25,10(23)26-4)15(18,19)20/h8,25H,5-7H2,1-4H3/t8-,14?/m1/s1.